The maximum absolute atomic E-state index is 11.6. The zero-order valence-electron chi connectivity index (χ0n) is 21.2. The second-order valence-electron chi connectivity index (χ2n) is 8.86. The van der Waals surface area contributed by atoms with Gasteiger partial charge >= 0.3 is 5.97 Å². The van der Waals surface area contributed by atoms with Crippen LogP contribution in [0.3, 0.4) is 0 Å². The van der Waals surface area contributed by atoms with Crippen LogP contribution in [0, 0.1) is 0 Å². The highest BCUT2D eigenvalue weighted by atomic mass is 16.7. The zero-order chi connectivity index (χ0) is 25.9. The Kier molecular flexibility index (Phi) is 10.2. The number of hydrogen-bond acceptors (Lipinski definition) is 7. The first-order chi connectivity index (χ1) is 18.1. The van der Waals surface area contributed by atoms with Crippen LogP contribution in [0.4, 0.5) is 0 Å². The molecule has 0 unspecified atom stereocenters. The highest BCUT2D eigenvalue weighted by molar-refractivity contribution is 5.65. The van der Waals surface area contributed by atoms with Crippen LogP contribution in [0.15, 0.2) is 91.0 Å². The topological polar surface area (TPSA) is 72.5 Å². The van der Waals surface area contributed by atoms with Gasteiger partial charge in [0.15, 0.2) is 6.29 Å². The van der Waals surface area contributed by atoms with Gasteiger partial charge in [0.05, 0.1) is 19.8 Å². The monoisotopic (exact) mass is 506 g/mol. The molecule has 1 saturated heterocycles. The minimum atomic E-state index is -0.749. The number of benzene rings is 3. The quantitative estimate of drug-likeness (QED) is 0.331. The summed E-state index contributed by atoms with van der Waals surface area (Å²) in [4.78, 5) is 11.6. The average Bonchev–Trinajstić information content (AvgIpc) is 2.94. The first kappa shape index (κ1) is 27.0. The first-order valence-corrected chi connectivity index (χ1v) is 12.4. The van der Waals surface area contributed by atoms with E-state index in [1.54, 1.807) is 7.11 Å². The molecule has 1 fully saturated rings. The highest BCUT2D eigenvalue weighted by Gasteiger charge is 2.49. The molecular weight excluding hydrogens is 472 g/mol. The number of methoxy groups -OCH3 is 1. The minimum absolute atomic E-state index is 0.00521. The lowest BCUT2D eigenvalue weighted by Crippen LogP contribution is -2.61. The summed E-state index contributed by atoms with van der Waals surface area (Å²) < 4.78 is 36.5. The van der Waals surface area contributed by atoms with Crippen LogP contribution in [0.25, 0.3) is 0 Å². The van der Waals surface area contributed by atoms with Gasteiger partial charge < -0.3 is 28.4 Å². The van der Waals surface area contributed by atoms with Gasteiger partial charge in [0.2, 0.25) is 0 Å². The van der Waals surface area contributed by atoms with E-state index in [-0.39, 0.29) is 6.61 Å². The molecule has 1 aliphatic rings. The van der Waals surface area contributed by atoms with Crippen molar-refractivity contribution in [3.8, 4) is 0 Å². The standard InChI is InChI=1S/C30H34O7/c1-22(31)33-21-26-27(34-18-23-12-6-3-7-13-23)28(35-19-24-14-8-4-9-15-24)29(30(32-2)37-26)36-20-25-16-10-5-11-17-25/h3-17,26-30H,18-21H2,1-2H3/t26-,27-,28+,29-,30-/m1/s1. The fourth-order valence-corrected chi connectivity index (χ4v) is 4.27. The summed E-state index contributed by atoms with van der Waals surface area (Å²) in [5, 5.41) is 0. The molecule has 0 radical (unpaired) electrons. The number of carbonyl (C=O) groups excluding carboxylic acids is 1. The van der Waals surface area contributed by atoms with Gasteiger partial charge in [0.25, 0.3) is 0 Å². The molecule has 4 rings (SSSR count). The van der Waals surface area contributed by atoms with Crippen LogP contribution in [0.2, 0.25) is 0 Å². The lowest BCUT2D eigenvalue weighted by Gasteiger charge is -2.45. The number of rotatable bonds is 12. The van der Waals surface area contributed by atoms with Crippen LogP contribution >= 0.6 is 0 Å². The lowest BCUT2D eigenvalue weighted by molar-refractivity contribution is -0.321. The molecule has 3 aromatic rings. The fourth-order valence-electron chi connectivity index (χ4n) is 4.27. The Balaban J connectivity index is 1.60. The van der Waals surface area contributed by atoms with E-state index in [0.717, 1.165) is 16.7 Å². The molecule has 196 valence electrons. The van der Waals surface area contributed by atoms with E-state index in [1.165, 1.54) is 6.92 Å². The van der Waals surface area contributed by atoms with Crippen LogP contribution in [-0.2, 0) is 53.0 Å². The van der Waals surface area contributed by atoms with Crippen molar-refractivity contribution in [3.05, 3.63) is 108 Å². The summed E-state index contributed by atoms with van der Waals surface area (Å²) in [5.41, 5.74) is 3.04. The molecule has 7 heteroatoms. The van der Waals surface area contributed by atoms with Gasteiger partial charge in [-0.1, -0.05) is 91.0 Å². The zero-order valence-corrected chi connectivity index (χ0v) is 21.2. The van der Waals surface area contributed by atoms with Crippen molar-refractivity contribution in [3.63, 3.8) is 0 Å². The molecule has 0 aliphatic carbocycles. The van der Waals surface area contributed by atoms with E-state index >= 15 is 0 Å². The van der Waals surface area contributed by atoms with Crippen molar-refractivity contribution >= 4 is 5.97 Å². The minimum Gasteiger partial charge on any atom is -0.463 e. The highest BCUT2D eigenvalue weighted by Crippen LogP contribution is 2.31. The molecule has 3 aromatic carbocycles. The van der Waals surface area contributed by atoms with E-state index in [4.69, 9.17) is 28.4 Å². The van der Waals surface area contributed by atoms with Gasteiger partial charge in [-0.3, -0.25) is 4.79 Å². The van der Waals surface area contributed by atoms with Gasteiger partial charge in [-0.25, -0.2) is 0 Å². The van der Waals surface area contributed by atoms with E-state index in [2.05, 4.69) is 0 Å². The van der Waals surface area contributed by atoms with Crippen molar-refractivity contribution in [1.82, 2.24) is 0 Å². The summed E-state index contributed by atoms with van der Waals surface area (Å²) in [6, 6.07) is 29.7. The largest absolute Gasteiger partial charge is 0.463 e. The van der Waals surface area contributed by atoms with Crippen molar-refractivity contribution in [2.75, 3.05) is 13.7 Å². The summed E-state index contributed by atoms with van der Waals surface area (Å²) in [7, 11) is 1.56. The van der Waals surface area contributed by atoms with E-state index in [0.29, 0.717) is 19.8 Å². The summed E-state index contributed by atoms with van der Waals surface area (Å²) in [6.45, 7) is 2.40. The van der Waals surface area contributed by atoms with Gasteiger partial charge in [0.1, 0.15) is 31.0 Å². The number of ether oxygens (including phenoxy) is 6. The van der Waals surface area contributed by atoms with Gasteiger partial charge in [0, 0.05) is 14.0 Å². The van der Waals surface area contributed by atoms with Crippen LogP contribution in [0.5, 0.6) is 0 Å². The Morgan fingerprint density at radius 2 is 1.11 bits per heavy atom. The Morgan fingerprint density at radius 1 is 0.676 bits per heavy atom. The van der Waals surface area contributed by atoms with Crippen molar-refractivity contribution in [2.45, 2.75) is 57.5 Å². The van der Waals surface area contributed by atoms with E-state index < -0.39 is 36.7 Å². The van der Waals surface area contributed by atoms with Crippen LogP contribution in [0.1, 0.15) is 23.6 Å². The van der Waals surface area contributed by atoms with Gasteiger partial charge in [-0.15, -0.1) is 0 Å². The molecular formula is C30H34O7. The Hall–Kier alpha value is -3.07. The number of hydrogen-bond donors (Lipinski definition) is 0. The van der Waals surface area contributed by atoms with Crippen molar-refractivity contribution < 1.29 is 33.2 Å². The third-order valence-corrected chi connectivity index (χ3v) is 6.13. The molecule has 0 aromatic heterocycles. The Morgan fingerprint density at radius 3 is 1.54 bits per heavy atom. The number of esters is 1. The van der Waals surface area contributed by atoms with E-state index in [9.17, 15) is 4.79 Å². The molecule has 1 aliphatic heterocycles. The third kappa shape index (κ3) is 7.95. The van der Waals surface area contributed by atoms with Gasteiger partial charge in [-0.2, -0.15) is 0 Å². The van der Waals surface area contributed by atoms with Gasteiger partial charge in [-0.05, 0) is 16.7 Å². The smallest absolute Gasteiger partial charge is 0.302 e. The second-order valence-corrected chi connectivity index (χ2v) is 8.86. The normalized spacial score (nSPS) is 23.5. The maximum atomic E-state index is 11.6. The average molecular weight is 507 g/mol. The molecule has 0 amide bonds. The molecule has 7 nitrogen and oxygen atoms in total. The maximum Gasteiger partial charge on any atom is 0.302 e. The molecule has 1 heterocycles. The molecule has 0 bridgehead atoms. The van der Waals surface area contributed by atoms with Crippen LogP contribution in [-0.4, -0.2) is 50.4 Å². The molecule has 0 N–H and O–H groups in total. The predicted octanol–water partition coefficient (Wildman–Crippen LogP) is 4.68. The molecule has 5 atom stereocenters. The third-order valence-electron chi connectivity index (χ3n) is 6.13. The SMILES string of the molecule is CO[C@@H]1O[C@H](COC(C)=O)[C@@H](OCc2ccccc2)[C@H](OCc2ccccc2)[C@H]1OCc1ccccc1. The fraction of sp³-hybridized carbons (Fsp3) is 0.367. The number of carbonyl (C=O) groups is 1. The van der Waals surface area contributed by atoms with Crippen molar-refractivity contribution in [2.24, 2.45) is 0 Å². The molecule has 0 spiro atoms. The first-order valence-electron chi connectivity index (χ1n) is 12.4. The lowest BCUT2D eigenvalue weighted by atomic mass is 9.98. The van der Waals surface area contributed by atoms with E-state index in [1.807, 2.05) is 91.0 Å². The molecule has 37 heavy (non-hydrogen) atoms. The summed E-state index contributed by atoms with van der Waals surface area (Å²) >= 11 is 0. The molecule has 0 saturated carbocycles. The Bertz CT molecular complexity index is 1060. The van der Waals surface area contributed by atoms with Crippen LogP contribution < -0.4 is 0 Å². The second kappa shape index (κ2) is 14.0. The van der Waals surface area contributed by atoms with Crippen molar-refractivity contribution in [1.29, 1.82) is 0 Å². The summed E-state index contributed by atoms with van der Waals surface area (Å²) in [6.07, 6.45) is -3.11. The summed E-state index contributed by atoms with van der Waals surface area (Å²) in [5.74, 6) is -0.399. The predicted molar refractivity (Wildman–Crippen MR) is 137 cm³/mol. The Labute approximate surface area is 218 Å².